The Labute approximate surface area is 88.4 Å². The van der Waals surface area contributed by atoms with E-state index in [1.807, 2.05) is 24.3 Å². The second-order valence-corrected chi connectivity index (χ2v) is 3.80. The molecule has 1 fully saturated rings. The van der Waals surface area contributed by atoms with Crippen LogP contribution in [0, 0.1) is 0 Å². The predicted octanol–water partition coefficient (Wildman–Crippen LogP) is 1.67. The van der Waals surface area contributed by atoms with E-state index >= 15 is 0 Å². The van der Waals surface area contributed by atoms with Crippen LogP contribution in [0.4, 0.5) is 11.4 Å². The molecule has 1 aromatic rings. The minimum Gasteiger partial charge on any atom is -0.399 e. The summed E-state index contributed by atoms with van der Waals surface area (Å²) in [6.45, 7) is 2.14. The minimum absolute atomic E-state index is 0.0765. The van der Waals surface area contributed by atoms with E-state index in [2.05, 4.69) is 4.90 Å². The lowest BCUT2D eigenvalue weighted by Crippen LogP contribution is -2.42. The third kappa shape index (κ3) is 1.94. The summed E-state index contributed by atoms with van der Waals surface area (Å²) in [4.78, 5) is 2.12. The van der Waals surface area contributed by atoms with Crippen LogP contribution in [-0.2, 0) is 4.74 Å². The van der Waals surface area contributed by atoms with Crippen LogP contribution in [0.25, 0.3) is 0 Å². The number of nitrogen functional groups attached to an aromatic ring is 1. The van der Waals surface area contributed by atoms with Crippen molar-refractivity contribution in [2.24, 2.45) is 0 Å². The van der Waals surface area contributed by atoms with Gasteiger partial charge in [0.2, 0.25) is 0 Å². The van der Waals surface area contributed by atoms with Crippen molar-refractivity contribution in [3.05, 3.63) is 24.3 Å². The number of morpholine rings is 1. The van der Waals surface area contributed by atoms with Crippen molar-refractivity contribution in [1.82, 2.24) is 0 Å². The minimum atomic E-state index is -0.0765. The summed E-state index contributed by atoms with van der Waals surface area (Å²) in [6, 6.07) is 7.73. The molecule has 2 rings (SSSR count). The number of halogens is 1. The van der Waals surface area contributed by atoms with E-state index in [1.54, 1.807) is 0 Å². The Morgan fingerprint density at radius 1 is 1.36 bits per heavy atom. The molecule has 1 aliphatic heterocycles. The molecule has 1 aromatic carbocycles. The zero-order chi connectivity index (χ0) is 9.97. The Hall–Kier alpha value is -0.930. The van der Waals surface area contributed by atoms with Crippen molar-refractivity contribution in [2.45, 2.75) is 5.50 Å². The summed E-state index contributed by atoms with van der Waals surface area (Å²) in [6.07, 6.45) is 0. The van der Waals surface area contributed by atoms with Gasteiger partial charge in [0, 0.05) is 17.9 Å². The van der Waals surface area contributed by atoms with Gasteiger partial charge < -0.3 is 15.4 Å². The maximum absolute atomic E-state index is 6.13. The molecule has 76 valence electrons. The Morgan fingerprint density at radius 3 is 2.71 bits per heavy atom. The van der Waals surface area contributed by atoms with Crippen LogP contribution < -0.4 is 10.6 Å². The van der Waals surface area contributed by atoms with Gasteiger partial charge in [0.15, 0.2) is 0 Å². The lowest BCUT2D eigenvalue weighted by atomic mass is 10.2. The van der Waals surface area contributed by atoms with E-state index in [0.29, 0.717) is 6.61 Å². The number of nitrogens with zero attached hydrogens (tertiary/aromatic N) is 1. The van der Waals surface area contributed by atoms with Gasteiger partial charge in [0.25, 0.3) is 0 Å². The average Bonchev–Trinajstić information content (AvgIpc) is 2.20. The molecule has 3 nitrogen and oxygen atoms in total. The van der Waals surface area contributed by atoms with Crippen molar-refractivity contribution in [3.8, 4) is 0 Å². The van der Waals surface area contributed by atoms with E-state index in [0.717, 1.165) is 24.5 Å². The van der Waals surface area contributed by atoms with Crippen LogP contribution in [0.1, 0.15) is 0 Å². The van der Waals surface area contributed by atoms with Crippen LogP contribution in [0.5, 0.6) is 0 Å². The third-order valence-corrected chi connectivity index (χ3v) is 2.66. The van der Waals surface area contributed by atoms with Gasteiger partial charge >= 0.3 is 0 Å². The number of alkyl halides is 1. The molecule has 0 saturated carbocycles. The van der Waals surface area contributed by atoms with Crippen LogP contribution >= 0.6 is 11.6 Å². The smallest absolute Gasteiger partial charge is 0.127 e. The lowest BCUT2D eigenvalue weighted by molar-refractivity contribution is 0.113. The molecule has 0 amide bonds. The van der Waals surface area contributed by atoms with Gasteiger partial charge in [-0.3, -0.25) is 0 Å². The fourth-order valence-electron chi connectivity index (χ4n) is 1.53. The average molecular weight is 213 g/mol. The van der Waals surface area contributed by atoms with Crippen molar-refractivity contribution in [3.63, 3.8) is 0 Å². The molecule has 0 aromatic heterocycles. The predicted molar refractivity (Wildman–Crippen MR) is 58.7 cm³/mol. The van der Waals surface area contributed by atoms with Gasteiger partial charge in [-0.15, -0.1) is 0 Å². The second-order valence-electron chi connectivity index (χ2n) is 3.29. The summed E-state index contributed by atoms with van der Waals surface area (Å²) in [5, 5.41) is 0. The monoisotopic (exact) mass is 212 g/mol. The number of hydrogen-bond donors (Lipinski definition) is 1. The Bertz CT molecular complexity index is 301. The highest BCUT2D eigenvalue weighted by Crippen LogP contribution is 2.22. The highest BCUT2D eigenvalue weighted by molar-refractivity contribution is 6.22. The standard InChI is InChI=1S/C10H13ClN2O/c11-10-7-14-6-5-13(10)9-3-1-8(12)2-4-9/h1-4,10H,5-7,12H2. The molecule has 1 aliphatic rings. The molecule has 14 heavy (non-hydrogen) atoms. The van der Waals surface area contributed by atoms with Gasteiger partial charge in [-0.25, -0.2) is 0 Å². The van der Waals surface area contributed by atoms with Crippen molar-refractivity contribution in [2.75, 3.05) is 30.4 Å². The van der Waals surface area contributed by atoms with Crippen molar-refractivity contribution in [1.29, 1.82) is 0 Å². The Balaban J connectivity index is 2.16. The molecule has 4 heteroatoms. The third-order valence-electron chi connectivity index (χ3n) is 2.29. The van der Waals surface area contributed by atoms with Gasteiger partial charge in [-0.05, 0) is 24.3 Å². The summed E-state index contributed by atoms with van der Waals surface area (Å²) in [7, 11) is 0. The van der Waals surface area contributed by atoms with Crippen LogP contribution in [0.15, 0.2) is 24.3 Å². The SMILES string of the molecule is Nc1ccc(N2CCOCC2Cl)cc1. The zero-order valence-corrected chi connectivity index (χ0v) is 8.57. The van der Waals surface area contributed by atoms with Gasteiger partial charge in [-0.1, -0.05) is 11.6 Å². The lowest BCUT2D eigenvalue weighted by Gasteiger charge is -2.33. The molecule has 1 atom stereocenters. The molecule has 0 bridgehead atoms. The highest BCUT2D eigenvalue weighted by atomic mass is 35.5. The van der Waals surface area contributed by atoms with E-state index in [1.165, 1.54) is 0 Å². The number of ether oxygens (including phenoxy) is 1. The van der Waals surface area contributed by atoms with Crippen LogP contribution in [0.3, 0.4) is 0 Å². The topological polar surface area (TPSA) is 38.5 Å². The largest absolute Gasteiger partial charge is 0.399 e. The summed E-state index contributed by atoms with van der Waals surface area (Å²) in [5.41, 5.74) is 7.41. The molecular weight excluding hydrogens is 200 g/mol. The molecular formula is C10H13ClN2O. The Morgan fingerprint density at radius 2 is 2.07 bits per heavy atom. The van der Waals surface area contributed by atoms with E-state index in [4.69, 9.17) is 22.1 Å². The quantitative estimate of drug-likeness (QED) is 0.437. The van der Waals surface area contributed by atoms with Gasteiger partial charge in [0.05, 0.1) is 13.2 Å². The number of hydrogen-bond acceptors (Lipinski definition) is 3. The number of anilines is 2. The first-order valence-electron chi connectivity index (χ1n) is 4.61. The fraction of sp³-hybridized carbons (Fsp3) is 0.400. The molecule has 1 saturated heterocycles. The number of nitrogens with two attached hydrogens (primary N) is 1. The molecule has 1 unspecified atom stereocenters. The first-order chi connectivity index (χ1) is 6.77. The molecule has 0 radical (unpaired) electrons. The maximum atomic E-state index is 6.13. The van der Waals surface area contributed by atoms with Crippen LogP contribution in [-0.4, -0.2) is 25.3 Å². The molecule has 0 spiro atoms. The zero-order valence-electron chi connectivity index (χ0n) is 7.82. The first kappa shape index (κ1) is 9.62. The molecule has 0 aliphatic carbocycles. The summed E-state index contributed by atoms with van der Waals surface area (Å²) in [5.74, 6) is 0. The van der Waals surface area contributed by atoms with E-state index in [-0.39, 0.29) is 5.50 Å². The van der Waals surface area contributed by atoms with Gasteiger partial charge in [0.1, 0.15) is 5.50 Å². The van der Waals surface area contributed by atoms with Crippen LogP contribution in [0.2, 0.25) is 0 Å². The Kier molecular flexibility index (Phi) is 2.79. The van der Waals surface area contributed by atoms with Crippen molar-refractivity contribution >= 4 is 23.0 Å². The fourth-order valence-corrected chi connectivity index (χ4v) is 1.83. The normalized spacial score (nSPS) is 22.4. The highest BCUT2D eigenvalue weighted by Gasteiger charge is 2.20. The van der Waals surface area contributed by atoms with Gasteiger partial charge in [-0.2, -0.15) is 0 Å². The number of rotatable bonds is 1. The summed E-state index contributed by atoms with van der Waals surface area (Å²) >= 11 is 6.13. The molecule has 1 heterocycles. The maximum Gasteiger partial charge on any atom is 0.127 e. The van der Waals surface area contributed by atoms with Crippen molar-refractivity contribution < 1.29 is 4.74 Å². The molecule has 2 N–H and O–H groups in total. The van der Waals surface area contributed by atoms with E-state index < -0.39 is 0 Å². The number of benzene rings is 1. The summed E-state index contributed by atoms with van der Waals surface area (Å²) < 4.78 is 5.26. The second kappa shape index (κ2) is 4.07. The first-order valence-corrected chi connectivity index (χ1v) is 5.05. The van der Waals surface area contributed by atoms with E-state index in [9.17, 15) is 0 Å².